The van der Waals surface area contributed by atoms with Crippen molar-refractivity contribution in [1.29, 1.82) is 0 Å². The molecule has 0 aliphatic rings. The summed E-state index contributed by atoms with van der Waals surface area (Å²) in [6.07, 6.45) is -0.461. The van der Waals surface area contributed by atoms with Gasteiger partial charge in [0.2, 0.25) is 0 Å². The number of methoxy groups -OCH3 is 1. The second-order valence-electron chi connectivity index (χ2n) is 2.63. The van der Waals surface area contributed by atoms with Gasteiger partial charge in [-0.05, 0) is 30.7 Å². The number of ether oxygens (including phenoxy) is 1. The van der Waals surface area contributed by atoms with Gasteiger partial charge in [0.1, 0.15) is 0 Å². The Labute approximate surface area is 85.2 Å². The molecule has 0 radical (unpaired) electrons. The lowest BCUT2D eigenvalue weighted by Gasteiger charge is -2.04. The standard InChI is InChI=1S/C9H10BrNO2/c1-6-3-7(10)5-8(4-6)11-9(12)13-2/h3-5H,1-2H3,(H,11,12). The minimum atomic E-state index is -0.461. The van der Waals surface area contributed by atoms with E-state index in [1.807, 2.05) is 25.1 Å². The number of carbonyl (C=O) groups is 1. The number of hydrogen-bond donors (Lipinski definition) is 1. The van der Waals surface area contributed by atoms with Crippen molar-refractivity contribution in [2.75, 3.05) is 12.4 Å². The van der Waals surface area contributed by atoms with Gasteiger partial charge in [-0.15, -0.1) is 0 Å². The summed E-state index contributed by atoms with van der Waals surface area (Å²) in [5.74, 6) is 0. The highest BCUT2D eigenvalue weighted by molar-refractivity contribution is 9.10. The van der Waals surface area contributed by atoms with Gasteiger partial charge >= 0.3 is 6.09 Å². The van der Waals surface area contributed by atoms with Crippen LogP contribution in [0.1, 0.15) is 5.56 Å². The molecule has 1 N–H and O–H groups in total. The van der Waals surface area contributed by atoms with Gasteiger partial charge in [-0.3, -0.25) is 5.32 Å². The molecule has 13 heavy (non-hydrogen) atoms. The fraction of sp³-hybridized carbons (Fsp3) is 0.222. The number of nitrogens with one attached hydrogen (secondary N) is 1. The maximum Gasteiger partial charge on any atom is 0.411 e. The molecule has 1 aromatic rings. The van der Waals surface area contributed by atoms with Crippen LogP contribution in [-0.2, 0) is 4.74 Å². The minimum Gasteiger partial charge on any atom is -0.453 e. The van der Waals surface area contributed by atoms with E-state index in [0.29, 0.717) is 0 Å². The van der Waals surface area contributed by atoms with E-state index in [9.17, 15) is 4.79 Å². The SMILES string of the molecule is COC(=O)Nc1cc(C)cc(Br)c1. The minimum absolute atomic E-state index is 0.461. The monoisotopic (exact) mass is 243 g/mol. The van der Waals surface area contributed by atoms with E-state index in [1.165, 1.54) is 7.11 Å². The molecule has 70 valence electrons. The van der Waals surface area contributed by atoms with Crippen molar-refractivity contribution in [3.8, 4) is 0 Å². The van der Waals surface area contributed by atoms with E-state index in [1.54, 1.807) is 0 Å². The van der Waals surface area contributed by atoms with Gasteiger partial charge in [0, 0.05) is 10.2 Å². The highest BCUT2D eigenvalue weighted by atomic mass is 79.9. The predicted molar refractivity (Wildman–Crippen MR) is 54.9 cm³/mol. The molecule has 0 saturated heterocycles. The summed E-state index contributed by atoms with van der Waals surface area (Å²) < 4.78 is 5.40. The molecule has 4 heteroatoms. The lowest BCUT2D eigenvalue weighted by atomic mass is 10.2. The Morgan fingerprint density at radius 3 is 2.69 bits per heavy atom. The second-order valence-corrected chi connectivity index (χ2v) is 3.55. The van der Waals surface area contributed by atoms with Crippen LogP contribution < -0.4 is 5.32 Å². The third kappa shape index (κ3) is 3.06. The van der Waals surface area contributed by atoms with Crippen LogP contribution in [0.25, 0.3) is 0 Å². The van der Waals surface area contributed by atoms with Gasteiger partial charge in [0.25, 0.3) is 0 Å². The molecule has 0 unspecified atom stereocenters. The quantitative estimate of drug-likeness (QED) is 0.824. The van der Waals surface area contributed by atoms with Crippen molar-refractivity contribution < 1.29 is 9.53 Å². The van der Waals surface area contributed by atoms with E-state index in [4.69, 9.17) is 0 Å². The third-order valence-electron chi connectivity index (χ3n) is 1.47. The average Bonchev–Trinajstić information content (AvgIpc) is 2.02. The first-order chi connectivity index (χ1) is 6.11. The summed E-state index contributed by atoms with van der Waals surface area (Å²) in [6.45, 7) is 1.95. The molecular formula is C9H10BrNO2. The molecule has 0 saturated carbocycles. The first kappa shape index (κ1) is 10.1. The van der Waals surface area contributed by atoms with Crippen molar-refractivity contribution in [3.63, 3.8) is 0 Å². The summed E-state index contributed by atoms with van der Waals surface area (Å²) >= 11 is 3.33. The van der Waals surface area contributed by atoms with Crippen molar-refractivity contribution in [2.45, 2.75) is 6.92 Å². The Bertz CT molecular complexity index is 305. The summed E-state index contributed by atoms with van der Waals surface area (Å²) in [7, 11) is 1.33. The predicted octanol–water partition coefficient (Wildman–Crippen LogP) is 2.94. The smallest absolute Gasteiger partial charge is 0.411 e. The van der Waals surface area contributed by atoms with Crippen molar-refractivity contribution >= 4 is 27.7 Å². The number of halogens is 1. The summed E-state index contributed by atoms with van der Waals surface area (Å²) in [6, 6.07) is 5.63. The molecule has 1 amide bonds. The van der Waals surface area contributed by atoms with E-state index < -0.39 is 6.09 Å². The van der Waals surface area contributed by atoms with Crippen LogP contribution in [0, 0.1) is 6.92 Å². The Morgan fingerprint density at radius 1 is 1.46 bits per heavy atom. The van der Waals surface area contributed by atoms with E-state index >= 15 is 0 Å². The van der Waals surface area contributed by atoms with Gasteiger partial charge in [-0.1, -0.05) is 15.9 Å². The van der Waals surface area contributed by atoms with Gasteiger partial charge in [0.15, 0.2) is 0 Å². The first-order valence-electron chi connectivity index (χ1n) is 3.74. The Hall–Kier alpha value is -1.03. The van der Waals surface area contributed by atoms with E-state index in [0.717, 1.165) is 15.7 Å². The zero-order valence-corrected chi connectivity index (χ0v) is 9.01. The van der Waals surface area contributed by atoms with Crippen LogP contribution in [-0.4, -0.2) is 13.2 Å². The van der Waals surface area contributed by atoms with Crippen LogP contribution in [0.2, 0.25) is 0 Å². The van der Waals surface area contributed by atoms with Crippen molar-refractivity contribution in [3.05, 3.63) is 28.2 Å². The fourth-order valence-electron chi connectivity index (χ4n) is 0.977. The number of amides is 1. The lowest BCUT2D eigenvalue weighted by molar-refractivity contribution is 0.187. The molecule has 0 aliphatic heterocycles. The first-order valence-corrected chi connectivity index (χ1v) is 4.53. The molecule has 0 aliphatic carbocycles. The highest BCUT2D eigenvalue weighted by Crippen LogP contribution is 2.18. The molecule has 0 atom stereocenters. The molecule has 1 rings (SSSR count). The summed E-state index contributed by atoms with van der Waals surface area (Å²) in [4.78, 5) is 10.9. The number of rotatable bonds is 1. The molecule has 0 heterocycles. The molecular weight excluding hydrogens is 234 g/mol. The maximum atomic E-state index is 10.9. The van der Waals surface area contributed by atoms with Gasteiger partial charge in [-0.25, -0.2) is 4.79 Å². The van der Waals surface area contributed by atoms with Gasteiger partial charge in [-0.2, -0.15) is 0 Å². The summed E-state index contributed by atoms with van der Waals surface area (Å²) in [5, 5.41) is 2.58. The largest absolute Gasteiger partial charge is 0.453 e. The molecule has 0 fully saturated rings. The van der Waals surface area contributed by atoms with E-state index in [2.05, 4.69) is 26.0 Å². The Kier molecular flexibility index (Phi) is 3.31. The Morgan fingerprint density at radius 2 is 2.15 bits per heavy atom. The maximum absolute atomic E-state index is 10.9. The molecule has 0 bridgehead atoms. The molecule has 0 spiro atoms. The fourth-order valence-corrected chi connectivity index (χ4v) is 1.59. The molecule has 0 aromatic heterocycles. The second kappa shape index (κ2) is 4.28. The zero-order valence-electron chi connectivity index (χ0n) is 7.43. The Balaban J connectivity index is 2.83. The number of carbonyl (C=O) groups excluding carboxylic acids is 1. The normalized spacial score (nSPS) is 9.46. The average molecular weight is 244 g/mol. The van der Waals surface area contributed by atoms with Crippen LogP contribution in [0.5, 0.6) is 0 Å². The zero-order chi connectivity index (χ0) is 9.84. The van der Waals surface area contributed by atoms with Crippen molar-refractivity contribution in [2.24, 2.45) is 0 Å². The molecule has 1 aromatic carbocycles. The van der Waals surface area contributed by atoms with Gasteiger partial charge < -0.3 is 4.74 Å². The summed E-state index contributed by atoms with van der Waals surface area (Å²) in [5.41, 5.74) is 1.79. The third-order valence-corrected chi connectivity index (χ3v) is 1.93. The highest BCUT2D eigenvalue weighted by Gasteiger charge is 2.01. The number of hydrogen-bond acceptors (Lipinski definition) is 2. The number of benzene rings is 1. The number of aryl methyl sites for hydroxylation is 1. The topological polar surface area (TPSA) is 38.3 Å². The van der Waals surface area contributed by atoms with Crippen molar-refractivity contribution in [1.82, 2.24) is 0 Å². The van der Waals surface area contributed by atoms with Crippen LogP contribution in [0.15, 0.2) is 22.7 Å². The van der Waals surface area contributed by atoms with Crippen LogP contribution in [0.4, 0.5) is 10.5 Å². The van der Waals surface area contributed by atoms with E-state index in [-0.39, 0.29) is 0 Å². The lowest BCUT2D eigenvalue weighted by Crippen LogP contribution is -2.10. The van der Waals surface area contributed by atoms with Crippen LogP contribution in [0.3, 0.4) is 0 Å². The van der Waals surface area contributed by atoms with Gasteiger partial charge in [0.05, 0.1) is 7.11 Å². The van der Waals surface area contributed by atoms with Crippen LogP contribution >= 0.6 is 15.9 Å². The number of anilines is 1. The molecule has 3 nitrogen and oxygen atoms in total.